The average molecular weight is 193 g/mol. The number of rotatable bonds is 3. The molecule has 2 rings (SSSR count). The third kappa shape index (κ3) is 1.88. The summed E-state index contributed by atoms with van der Waals surface area (Å²) in [4.78, 5) is 18.6. The van der Waals surface area contributed by atoms with Gasteiger partial charge in [-0.2, -0.15) is 0 Å². The molecule has 1 aromatic heterocycles. The van der Waals surface area contributed by atoms with Crippen molar-refractivity contribution in [2.24, 2.45) is 5.73 Å². The van der Waals surface area contributed by atoms with Crippen LogP contribution in [0.3, 0.4) is 0 Å². The number of nitrogens with zero attached hydrogens (tertiary/aromatic N) is 2. The van der Waals surface area contributed by atoms with Gasteiger partial charge in [0.05, 0.1) is 17.8 Å². The van der Waals surface area contributed by atoms with E-state index >= 15 is 0 Å². The van der Waals surface area contributed by atoms with E-state index in [4.69, 9.17) is 10.8 Å². The molecule has 1 aliphatic rings. The first-order chi connectivity index (χ1) is 6.66. The van der Waals surface area contributed by atoms with Gasteiger partial charge >= 0.3 is 5.97 Å². The Balaban J connectivity index is 2.15. The van der Waals surface area contributed by atoms with E-state index < -0.39 is 5.97 Å². The van der Waals surface area contributed by atoms with Crippen molar-refractivity contribution in [3.63, 3.8) is 0 Å². The van der Waals surface area contributed by atoms with Gasteiger partial charge in [0.25, 0.3) is 0 Å². The van der Waals surface area contributed by atoms with Crippen molar-refractivity contribution in [2.45, 2.75) is 24.8 Å². The summed E-state index contributed by atoms with van der Waals surface area (Å²) in [6, 6.07) is 0.171. The highest BCUT2D eigenvalue weighted by Gasteiger charge is 2.36. The number of carboxylic acid groups (broad SMARTS) is 1. The van der Waals surface area contributed by atoms with Gasteiger partial charge in [0.2, 0.25) is 0 Å². The molecule has 0 aliphatic heterocycles. The van der Waals surface area contributed by atoms with Crippen molar-refractivity contribution in [1.82, 2.24) is 9.97 Å². The number of aliphatic carboxylic acids is 1. The minimum atomic E-state index is -0.892. The molecule has 1 fully saturated rings. The highest BCUT2D eigenvalue weighted by molar-refractivity contribution is 5.69. The number of carboxylic acids is 1. The van der Waals surface area contributed by atoms with Gasteiger partial charge in [-0.25, -0.2) is 0 Å². The van der Waals surface area contributed by atoms with E-state index in [1.54, 1.807) is 6.20 Å². The molecule has 14 heavy (non-hydrogen) atoms. The average Bonchev–Trinajstić information content (AvgIpc) is 2.82. The topological polar surface area (TPSA) is 89.1 Å². The smallest absolute Gasteiger partial charge is 0.309 e. The van der Waals surface area contributed by atoms with E-state index in [-0.39, 0.29) is 18.4 Å². The molecule has 2 unspecified atom stereocenters. The lowest BCUT2D eigenvalue weighted by molar-refractivity contribution is -0.136. The zero-order valence-corrected chi connectivity index (χ0v) is 7.55. The highest BCUT2D eigenvalue weighted by atomic mass is 16.4. The fourth-order valence-corrected chi connectivity index (χ4v) is 1.40. The van der Waals surface area contributed by atoms with Crippen LogP contribution in [0.1, 0.15) is 23.7 Å². The molecule has 74 valence electrons. The van der Waals surface area contributed by atoms with E-state index in [9.17, 15) is 4.79 Å². The van der Waals surface area contributed by atoms with Crippen molar-refractivity contribution in [1.29, 1.82) is 0 Å². The van der Waals surface area contributed by atoms with E-state index in [1.165, 1.54) is 6.20 Å². The second-order valence-corrected chi connectivity index (χ2v) is 3.51. The molecule has 0 radical (unpaired) electrons. The third-order valence-electron chi connectivity index (χ3n) is 2.26. The number of carbonyl (C=O) groups is 1. The molecular weight excluding hydrogens is 182 g/mol. The Hall–Kier alpha value is -1.49. The molecule has 0 aromatic carbocycles. The fraction of sp³-hybridized carbons (Fsp3) is 0.444. The van der Waals surface area contributed by atoms with Crippen LogP contribution in [0, 0.1) is 0 Å². The van der Waals surface area contributed by atoms with Crippen molar-refractivity contribution in [3.8, 4) is 0 Å². The molecule has 1 saturated carbocycles. The van der Waals surface area contributed by atoms with Crippen LogP contribution in [-0.4, -0.2) is 27.1 Å². The van der Waals surface area contributed by atoms with Gasteiger partial charge in [-0.1, -0.05) is 0 Å². The first kappa shape index (κ1) is 9.08. The van der Waals surface area contributed by atoms with Crippen LogP contribution in [0.25, 0.3) is 0 Å². The van der Waals surface area contributed by atoms with Gasteiger partial charge in [-0.15, -0.1) is 0 Å². The fourth-order valence-electron chi connectivity index (χ4n) is 1.40. The molecule has 1 heterocycles. The van der Waals surface area contributed by atoms with Crippen LogP contribution in [0.2, 0.25) is 0 Å². The Morgan fingerprint density at radius 2 is 2.36 bits per heavy atom. The lowest BCUT2D eigenvalue weighted by Crippen LogP contribution is -2.06. The van der Waals surface area contributed by atoms with Crippen LogP contribution in [0.15, 0.2) is 12.4 Å². The predicted molar refractivity (Wildman–Crippen MR) is 48.7 cm³/mol. The maximum Gasteiger partial charge on any atom is 0.309 e. The molecule has 0 bridgehead atoms. The number of hydrogen-bond donors (Lipinski definition) is 2. The monoisotopic (exact) mass is 193 g/mol. The first-order valence-electron chi connectivity index (χ1n) is 4.45. The molecule has 1 aromatic rings. The van der Waals surface area contributed by atoms with Gasteiger partial charge in [0, 0.05) is 24.4 Å². The van der Waals surface area contributed by atoms with E-state index in [0.717, 1.165) is 12.1 Å². The molecule has 0 spiro atoms. The summed E-state index contributed by atoms with van der Waals surface area (Å²) in [7, 11) is 0. The SMILES string of the molecule is NC1CC1c1cncc(CC(=O)O)n1. The minimum Gasteiger partial charge on any atom is -0.481 e. The quantitative estimate of drug-likeness (QED) is 0.700. The van der Waals surface area contributed by atoms with Crippen molar-refractivity contribution in [2.75, 3.05) is 0 Å². The normalized spacial score (nSPS) is 24.6. The van der Waals surface area contributed by atoms with E-state index in [2.05, 4.69) is 9.97 Å². The molecule has 2 atom stereocenters. The number of hydrogen-bond acceptors (Lipinski definition) is 4. The summed E-state index contributed by atoms with van der Waals surface area (Å²) >= 11 is 0. The van der Waals surface area contributed by atoms with Crippen molar-refractivity contribution in [3.05, 3.63) is 23.8 Å². The minimum absolute atomic E-state index is 0.0806. The van der Waals surface area contributed by atoms with Crippen LogP contribution in [-0.2, 0) is 11.2 Å². The molecule has 3 N–H and O–H groups in total. The standard InChI is InChI=1S/C9H11N3O2/c10-7-2-6(7)8-4-11-3-5(12-8)1-9(13)14/h3-4,6-7H,1-2,10H2,(H,13,14). The Labute approximate surface area is 81.0 Å². The van der Waals surface area contributed by atoms with Crippen molar-refractivity contribution < 1.29 is 9.90 Å². The van der Waals surface area contributed by atoms with Gasteiger partial charge in [0.15, 0.2) is 0 Å². The van der Waals surface area contributed by atoms with Gasteiger partial charge in [0.1, 0.15) is 0 Å². The lowest BCUT2D eigenvalue weighted by Gasteiger charge is -1.99. The Bertz CT molecular complexity index is 367. The summed E-state index contributed by atoms with van der Waals surface area (Å²) in [5.74, 6) is -0.618. The van der Waals surface area contributed by atoms with E-state index in [0.29, 0.717) is 5.69 Å². The maximum atomic E-state index is 10.4. The predicted octanol–water partition coefficient (Wildman–Crippen LogP) is -0.0817. The third-order valence-corrected chi connectivity index (χ3v) is 2.26. The van der Waals surface area contributed by atoms with Crippen LogP contribution >= 0.6 is 0 Å². The van der Waals surface area contributed by atoms with Crippen molar-refractivity contribution >= 4 is 5.97 Å². The van der Waals surface area contributed by atoms with Gasteiger partial charge in [-0.05, 0) is 6.42 Å². The number of nitrogens with two attached hydrogens (primary N) is 1. The summed E-state index contributed by atoms with van der Waals surface area (Å²) < 4.78 is 0. The Morgan fingerprint density at radius 3 is 2.93 bits per heavy atom. The molecule has 0 amide bonds. The molecule has 5 nitrogen and oxygen atoms in total. The van der Waals surface area contributed by atoms with E-state index in [1.807, 2.05) is 0 Å². The number of aromatic nitrogens is 2. The zero-order valence-electron chi connectivity index (χ0n) is 7.55. The highest BCUT2D eigenvalue weighted by Crippen LogP contribution is 2.37. The second-order valence-electron chi connectivity index (χ2n) is 3.51. The molecule has 1 aliphatic carbocycles. The largest absolute Gasteiger partial charge is 0.481 e. The summed E-state index contributed by atoms with van der Waals surface area (Å²) in [6.45, 7) is 0. The Morgan fingerprint density at radius 1 is 1.64 bits per heavy atom. The van der Waals surface area contributed by atoms with Crippen LogP contribution < -0.4 is 5.73 Å². The van der Waals surface area contributed by atoms with Gasteiger partial charge in [-0.3, -0.25) is 14.8 Å². The first-order valence-corrected chi connectivity index (χ1v) is 4.45. The lowest BCUT2D eigenvalue weighted by atomic mass is 10.2. The second kappa shape index (κ2) is 3.34. The van der Waals surface area contributed by atoms with Gasteiger partial charge < -0.3 is 10.8 Å². The maximum absolute atomic E-state index is 10.4. The van der Waals surface area contributed by atoms with Crippen LogP contribution in [0.4, 0.5) is 0 Å². The zero-order chi connectivity index (χ0) is 10.1. The van der Waals surface area contributed by atoms with Crippen LogP contribution in [0.5, 0.6) is 0 Å². The Kier molecular flexibility index (Phi) is 2.17. The molecular formula is C9H11N3O2. The summed E-state index contributed by atoms with van der Waals surface area (Å²) in [5, 5.41) is 8.57. The summed E-state index contributed by atoms with van der Waals surface area (Å²) in [5.41, 5.74) is 6.98. The molecule has 0 saturated heterocycles. The summed E-state index contributed by atoms with van der Waals surface area (Å²) in [6.07, 6.45) is 3.97. The molecule has 5 heteroatoms.